The van der Waals surface area contributed by atoms with Crippen LogP contribution in [0.3, 0.4) is 0 Å². The molecule has 0 N–H and O–H groups in total. The summed E-state index contributed by atoms with van der Waals surface area (Å²) in [5.74, 6) is 0. The van der Waals surface area contributed by atoms with Crippen molar-refractivity contribution < 1.29 is 13.2 Å². The maximum atomic E-state index is 13.7. The molecule has 1 saturated carbocycles. The lowest BCUT2D eigenvalue weighted by Crippen LogP contribution is -2.48. The highest BCUT2D eigenvalue weighted by molar-refractivity contribution is 6.69. The van der Waals surface area contributed by atoms with Crippen LogP contribution in [0.25, 0.3) is 0 Å². The van der Waals surface area contributed by atoms with E-state index in [2.05, 4.69) is 0 Å². The minimum Gasteiger partial charge on any atom is -0.217 e. The minimum atomic E-state index is -4.00. The van der Waals surface area contributed by atoms with Crippen LogP contribution in [-0.4, -0.2) is 24.1 Å². The van der Waals surface area contributed by atoms with E-state index in [1.807, 2.05) is 0 Å². The molecule has 2 unspecified atom stereocenters. The van der Waals surface area contributed by atoms with Gasteiger partial charge in [0.1, 0.15) is 0 Å². The van der Waals surface area contributed by atoms with Crippen LogP contribution in [0.5, 0.6) is 0 Å². The Hall–Kier alpha value is 1.82. The van der Waals surface area contributed by atoms with Gasteiger partial charge in [0.25, 0.3) is 15.4 Å². The van der Waals surface area contributed by atoms with E-state index in [0.29, 0.717) is 0 Å². The molecule has 90 valence electrons. The highest BCUT2D eigenvalue weighted by Gasteiger charge is 2.92. The molecule has 0 radical (unpaired) electrons. The molecule has 2 atom stereocenters. The first-order valence-electron chi connectivity index (χ1n) is 3.14. The van der Waals surface area contributed by atoms with Crippen molar-refractivity contribution in [3.63, 3.8) is 0 Å². The van der Waals surface area contributed by atoms with Crippen molar-refractivity contribution in [1.29, 1.82) is 0 Å². The molecule has 1 aliphatic rings. The van der Waals surface area contributed by atoms with E-state index in [1.54, 1.807) is 0 Å². The third kappa shape index (κ3) is 1.38. The smallest absolute Gasteiger partial charge is 0.217 e. The Morgan fingerprint density at radius 1 is 0.467 bits per heavy atom. The van der Waals surface area contributed by atoms with Crippen molar-refractivity contribution in [2.24, 2.45) is 0 Å². The van der Waals surface area contributed by atoms with Gasteiger partial charge in [-0.3, -0.25) is 0 Å². The largest absolute Gasteiger partial charge is 0.285 e. The average molecular weight is 365 g/mol. The van der Waals surface area contributed by atoms with Crippen LogP contribution < -0.4 is 0 Å². The summed E-state index contributed by atoms with van der Waals surface area (Å²) in [6.07, 6.45) is 0. The van der Waals surface area contributed by atoms with Crippen LogP contribution in [0, 0.1) is 0 Å². The molecule has 1 aliphatic carbocycles. The Morgan fingerprint density at radius 2 is 0.667 bits per heavy atom. The fourth-order valence-corrected chi connectivity index (χ4v) is 3.29. The third-order valence-corrected chi connectivity index (χ3v) is 6.72. The molecule has 0 aromatic rings. The molecule has 10 heteroatoms. The third-order valence-electron chi connectivity index (χ3n) is 1.97. The molecule has 0 nitrogen and oxygen atoms in total. The molecule has 0 saturated heterocycles. The van der Waals surface area contributed by atoms with Crippen LogP contribution in [-0.2, 0) is 0 Å². The second-order valence-corrected chi connectivity index (χ2v) is 7.09. The van der Waals surface area contributed by atoms with E-state index in [9.17, 15) is 13.2 Å². The molecule has 1 fully saturated rings. The SMILES string of the molecule is FC1(Cl)C(F)(Cl)C(Cl)(Cl)C(Cl)(Cl)C1(F)Cl. The lowest BCUT2D eigenvalue weighted by molar-refractivity contribution is 0.0467. The van der Waals surface area contributed by atoms with Gasteiger partial charge in [-0.05, 0) is 0 Å². The van der Waals surface area contributed by atoms with Gasteiger partial charge < -0.3 is 0 Å². The molecular weight excluding hydrogens is 365 g/mol. The second kappa shape index (κ2) is 3.43. The monoisotopic (exact) mass is 362 g/mol. The Morgan fingerprint density at radius 3 is 0.733 bits per heavy atom. The van der Waals surface area contributed by atoms with Crippen LogP contribution in [0.15, 0.2) is 0 Å². The van der Waals surface area contributed by atoms with Gasteiger partial charge in [-0.15, -0.1) is 0 Å². The summed E-state index contributed by atoms with van der Waals surface area (Å²) in [6.45, 7) is 0. The highest BCUT2D eigenvalue weighted by atomic mass is 35.5. The lowest BCUT2D eigenvalue weighted by atomic mass is 10.2. The summed E-state index contributed by atoms with van der Waals surface area (Å²) in [4.78, 5) is 0. The molecule has 1 rings (SSSR count). The summed E-state index contributed by atoms with van der Waals surface area (Å²) in [5, 5.41) is -11.6. The van der Waals surface area contributed by atoms with Crippen molar-refractivity contribution in [2.45, 2.75) is 24.1 Å². The maximum Gasteiger partial charge on any atom is 0.285 e. The normalized spacial score (nSPS) is 53.2. The molecule has 0 spiro atoms. The zero-order valence-electron chi connectivity index (χ0n) is 6.28. The van der Waals surface area contributed by atoms with Crippen LogP contribution in [0.1, 0.15) is 0 Å². The van der Waals surface area contributed by atoms with Crippen molar-refractivity contribution >= 4 is 81.2 Å². The van der Waals surface area contributed by atoms with Crippen molar-refractivity contribution in [3.05, 3.63) is 0 Å². The van der Waals surface area contributed by atoms with E-state index < -0.39 is 24.1 Å². The second-order valence-electron chi connectivity index (χ2n) is 2.87. The van der Waals surface area contributed by atoms with E-state index in [0.717, 1.165) is 0 Å². The number of halogens is 10. The van der Waals surface area contributed by atoms with Crippen LogP contribution in [0.4, 0.5) is 13.2 Å². The summed E-state index contributed by atoms with van der Waals surface area (Å²) in [5.41, 5.74) is 0. The van der Waals surface area contributed by atoms with E-state index in [1.165, 1.54) is 0 Å². The number of alkyl halides is 10. The topological polar surface area (TPSA) is 0 Å². The molecule has 0 aliphatic heterocycles. The zero-order chi connectivity index (χ0) is 12.5. The fourth-order valence-electron chi connectivity index (χ4n) is 0.986. The van der Waals surface area contributed by atoms with Crippen LogP contribution >= 0.6 is 81.2 Å². The van der Waals surface area contributed by atoms with Crippen molar-refractivity contribution in [3.8, 4) is 0 Å². The number of rotatable bonds is 0. The van der Waals surface area contributed by atoms with Gasteiger partial charge in [0.05, 0.1) is 0 Å². The molecular formula is C5Cl7F3. The van der Waals surface area contributed by atoms with E-state index in [4.69, 9.17) is 81.2 Å². The molecule has 0 amide bonds. The number of hydrogen-bond acceptors (Lipinski definition) is 0. The Balaban J connectivity index is 3.55. The maximum absolute atomic E-state index is 13.7. The zero-order valence-corrected chi connectivity index (χ0v) is 11.6. The van der Waals surface area contributed by atoms with Gasteiger partial charge >= 0.3 is 0 Å². The van der Waals surface area contributed by atoms with Crippen LogP contribution in [0.2, 0.25) is 0 Å². The Labute approximate surface area is 118 Å². The summed E-state index contributed by atoms with van der Waals surface area (Å²) in [7, 11) is 0. The minimum absolute atomic E-state index is 3.09. The highest BCUT2D eigenvalue weighted by Crippen LogP contribution is 2.75. The van der Waals surface area contributed by atoms with E-state index in [-0.39, 0.29) is 0 Å². The Bertz CT molecular complexity index is 207. The van der Waals surface area contributed by atoms with Gasteiger partial charge in [-0.2, -0.15) is 0 Å². The van der Waals surface area contributed by atoms with Gasteiger partial charge in [-0.25, -0.2) is 13.2 Å². The van der Waals surface area contributed by atoms with E-state index >= 15 is 0 Å². The van der Waals surface area contributed by atoms with Gasteiger partial charge in [0, 0.05) is 0 Å². The lowest BCUT2D eigenvalue weighted by Gasteiger charge is -2.30. The first-order valence-corrected chi connectivity index (χ1v) is 5.79. The molecule has 0 aromatic heterocycles. The molecule has 0 aromatic carbocycles. The quantitative estimate of drug-likeness (QED) is 0.527. The standard InChI is InChI=1S/C5Cl7F3/c6-1(7)2(8,9)4(11,14)5(12,15)3(1,10)13. The first kappa shape index (κ1) is 14.9. The molecule has 15 heavy (non-hydrogen) atoms. The number of hydrogen-bond donors (Lipinski definition) is 0. The summed E-state index contributed by atoms with van der Waals surface area (Å²) < 4.78 is 34.7. The van der Waals surface area contributed by atoms with Crippen molar-refractivity contribution in [1.82, 2.24) is 0 Å². The average Bonchev–Trinajstić information content (AvgIpc) is 2.04. The predicted molar refractivity (Wildman–Crippen MR) is 58.0 cm³/mol. The van der Waals surface area contributed by atoms with Gasteiger partial charge in [0.2, 0.25) is 8.67 Å². The first-order chi connectivity index (χ1) is 6.25. The fraction of sp³-hybridized carbons (Fsp3) is 1.00. The van der Waals surface area contributed by atoms with Crippen molar-refractivity contribution in [2.75, 3.05) is 0 Å². The Kier molecular flexibility index (Phi) is 3.40. The predicted octanol–water partition coefficient (Wildman–Crippen LogP) is 5.06. The molecule has 0 bridgehead atoms. The van der Waals surface area contributed by atoms with Gasteiger partial charge in [0.15, 0.2) is 0 Å². The summed E-state index contributed by atoms with van der Waals surface area (Å²) >= 11 is 35.9. The molecule has 0 heterocycles. The van der Waals surface area contributed by atoms with Gasteiger partial charge in [-0.1, -0.05) is 81.2 Å². The summed E-state index contributed by atoms with van der Waals surface area (Å²) in [6, 6.07) is 0.